The van der Waals surface area contributed by atoms with Gasteiger partial charge in [0, 0.05) is 11.9 Å². The van der Waals surface area contributed by atoms with Crippen LogP contribution >= 0.6 is 0 Å². The molecule has 0 aliphatic carbocycles. The number of anilines is 2. The van der Waals surface area contributed by atoms with E-state index in [0.29, 0.717) is 0 Å². The molecule has 0 aliphatic rings. The van der Waals surface area contributed by atoms with Crippen LogP contribution in [-0.2, 0) is 15.8 Å². The van der Waals surface area contributed by atoms with Crippen molar-refractivity contribution in [1.29, 1.82) is 0 Å². The van der Waals surface area contributed by atoms with Gasteiger partial charge in [-0.25, -0.2) is 4.98 Å². The highest BCUT2D eigenvalue weighted by molar-refractivity contribution is 6.43. The Morgan fingerprint density at radius 2 is 1.57 bits per heavy atom. The number of halogens is 3. The predicted octanol–water partition coefficient (Wildman–Crippen LogP) is 2.99. The molecule has 0 spiro atoms. The van der Waals surface area contributed by atoms with Gasteiger partial charge in [0.05, 0.1) is 5.56 Å². The van der Waals surface area contributed by atoms with E-state index in [1.165, 1.54) is 12.3 Å². The van der Waals surface area contributed by atoms with Crippen molar-refractivity contribution in [2.45, 2.75) is 13.1 Å². The van der Waals surface area contributed by atoms with Crippen molar-refractivity contribution in [3.8, 4) is 0 Å². The van der Waals surface area contributed by atoms with Crippen molar-refractivity contribution in [3.05, 3.63) is 53.7 Å². The molecule has 2 amide bonds. The van der Waals surface area contributed by atoms with Gasteiger partial charge in [0.2, 0.25) is 0 Å². The normalized spacial score (nSPS) is 11.0. The molecule has 0 unspecified atom stereocenters. The Bertz CT molecular complexity index is 710. The summed E-state index contributed by atoms with van der Waals surface area (Å²) in [6.07, 6.45) is -2.94. The van der Waals surface area contributed by atoms with Gasteiger partial charge < -0.3 is 10.6 Å². The van der Waals surface area contributed by atoms with Gasteiger partial charge in [0.1, 0.15) is 5.82 Å². The zero-order chi connectivity index (χ0) is 17.0. The minimum atomic E-state index is -4.46. The summed E-state index contributed by atoms with van der Waals surface area (Å²) in [6, 6.07) is 7.00. The molecule has 5 nitrogen and oxygen atoms in total. The third-order valence-electron chi connectivity index (χ3n) is 2.83. The van der Waals surface area contributed by atoms with Crippen molar-refractivity contribution in [1.82, 2.24) is 4.98 Å². The van der Waals surface area contributed by atoms with Crippen LogP contribution in [0.3, 0.4) is 0 Å². The second-order valence-electron chi connectivity index (χ2n) is 4.70. The van der Waals surface area contributed by atoms with E-state index in [2.05, 4.69) is 15.6 Å². The maximum atomic E-state index is 12.4. The van der Waals surface area contributed by atoms with E-state index >= 15 is 0 Å². The second-order valence-corrected chi connectivity index (χ2v) is 4.70. The number of pyridine rings is 1. The quantitative estimate of drug-likeness (QED) is 0.835. The lowest BCUT2D eigenvalue weighted by Gasteiger charge is -2.09. The highest BCUT2D eigenvalue weighted by Crippen LogP contribution is 2.29. The highest BCUT2D eigenvalue weighted by Gasteiger charge is 2.30. The van der Waals surface area contributed by atoms with Crippen LogP contribution in [0.1, 0.15) is 11.1 Å². The Hall–Kier alpha value is -2.90. The Balaban J connectivity index is 1.98. The zero-order valence-electron chi connectivity index (χ0n) is 11.9. The monoisotopic (exact) mass is 323 g/mol. The molecule has 1 aromatic heterocycles. The van der Waals surface area contributed by atoms with Gasteiger partial charge in [0.25, 0.3) is 0 Å². The number of alkyl halides is 3. The first-order chi connectivity index (χ1) is 10.8. The zero-order valence-corrected chi connectivity index (χ0v) is 11.9. The van der Waals surface area contributed by atoms with Gasteiger partial charge >= 0.3 is 18.0 Å². The van der Waals surface area contributed by atoms with Gasteiger partial charge in [-0.3, -0.25) is 9.59 Å². The molecular weight excluding hydrogens is 311 g/mol. The number of nitrogens with zero attached hydrogens (tertiary/aromatic N) is 1. The molecule has 0 atom stereocenters. The Morgan fingerprint density at radius 3 is 2.09 bits per heavy atom. The van der Waals surface area contributed by atoms with Crippen molar-refractivity contribution < 1.29 is 22.8 Å². The number of carbonyl (C=O) groups is 2. The van der Waals surface area contributed by atoms with Crippen LogP contribution in [0.25, 0.3) is 0 Å². The van der Waals surface area contributed by atoms with Crippen LogP contribution in [0, 0.1) is 6.92 Å². The summed E-state index contributed by atoms with van der Waals surface area (Å²) in [4.78, 5) is 27.3. The maximum absolute atomic E-state index is 12.4. The SMILES string of the molecule is Cc1ccc(NC(=O)C(=O)Nc2ccc(C(F)(F)F)cc2)nc1. The fourth-order valence-corrected chi connectivity index (χ4v) is 1.65. The lowest BCUT2D eigenvalue weighted by atomic mass is 10.2. The average molecular weight is 323 g/mol. The minimum Gasteiger partial charge on any atom is -0.318 e. The molecule has 120 valence electrons. The molecule has 8 heteroatoms. The number of rotatable bonds is 2. The fraction of sp³-hybridized carbons (Fsp3) is 0.133. The van der Waals surface area contributed by atoms with E-state index in [9.17, 15) is 22.8 Å². The number of hydrogen-bond acceptors (Lipinski definition) is 3. The first-order valence-electron chi connectivity index (χ1n) is 6.48. The predicted molar refractivity (Wildman–Crippen MR) is 77.7 cm³/mol. The second kappa shape index (κ2) is 6.47. The molecule has 0 saturated heterocycles. The van der Waals surface area contributed by atoms with Gasteiger partial charge in [-0.05, 0) is 42.8 Å². The van der Waals surface area contributed by atoms with Crippen molar-refractivity contribution in [2.75, 3.05) is 10.6 Å². The number of amides is 2. The van der Waals surface area contributed by atoms with E-state index in [0.717, 1.165) is 29.8 Å². The first kappa shape index (κ1) is 16.5. The molecule has 1 aromatic carbocycles. The van der Waals surface area contributed by atoms with E-state index in [1.807, 2.05) is 6.92 Å². The van der Waals surface area contributed by atoms with Crippen LogP contribution in [0.2, 0.25) is 0 Å². The van der Waals surface area contributed by atoms with Crippen molar-refractivity contribution >= 4 is 23.3 Å². The van der Waals surface area contributed by atoms with Crippen LogP contribution < -0.4 is 10.6 Å². The number of nitrogens with one attached hydrogen (secondary N) is 2. The maximum Gasteiger partial charge on any atom is 0.416 e. The Labute approximate surface area is 129 Å². The molecule has 0 fully saturated rings. The summed E-state index contributed by atoms with van der Waals surface area (Å²) >= 11 is 0. The molecule has 0 aliphatic heterocycles. The van der Waals surface area contributed by atoms with E-state index < -0.39 is 23.6 Å². The molecule has 0 bridgehead atoms. The average Bonchev–Trinajstić information content (AvgIpc) is 2.49. The van der Waals surface area contributed by atoms with Crippen molar-refractivity contribution in [2.24, 2.45) is 0 Å². The Morgan fingerprint density at radius 1 is 0.957 bits per heavy atom. The van der Waals surface area contributed by atoms with Gasteiger partial charge in [-0.1, -0.05) is 6.07 Å². The summed E-state index contributed by atoms with van der Waals surface area (Å²) in [5, 5.41) is 4.49. The van der Waals surface area contributed by atoms with Gasteiger partial charge in [-0.15, -0.1) is 0 Å². The summed E-state index contributed by atoms with van der Waals surface area (Å²) < 4.78 is 37.3. The minimum absolute atomic E-state index is 0.0787. The fourth-order valence-electron chi connectivity index (χ4n) is 1.65. The lowest BCUT2D eigenvalue weighted by Crippen LogP contribution is -2.29. The molecule has 2 rings (SSSR count). The third kappa shape index (κ3) is 4.53. The van der Waals surface area contributed by atoms with Gasteiger partial charge in [0.15, 0.2) is 0 Å². The van der Waals surface area contributed by atoms with Crippen LogP contribution in [0.5, 0.6) is 0 Å². The summed E-state index contributed by atoms with van der Waals surface area (Å²) in [5.74, 6) is -1.78. The summed E-state index contributed by atoms with van der Waals surface area (Å²) in [7, 11) is 0. The largest absolute Gasteiger partial charge is 0.416 e. The van der Waals surface area contributed by atoms with Gasteiger partial charge in [-0.2, -0.15) is 13.2 Å². The molecule has 1 heterocycles. The van der Waals surface area contributed by atoms with E-state index in [4.69, 9.17) is 0 Å². The standard InChI is InChI=1S/C15H12F3N3O2/c1-9-2-7-12(19-8-9)21-14(23)13(22)20-11-5-3-10(4-6-11)15(16,17)18/h2-8H,1H3,(H,20,22)(H,19,21,23). The highest BCUT2D eigenvalue weighted by atomic mass is 19.4. The lowest BCUT2D eigenvalue weighted by molar-refractivity contribution is -0.137. The first-order valence-corrected chi connectivity index (χ1v) is 6.48. The van der Waals surface area contributed by atoms with E-state index in [1.54, 1.807) is 6.07 Å². The van der Waals surface area contributed by atoms with Crippen LogP contribution in [0.4, 0.5) is 24.7 Å². The molecule has 0 radical (unpaired) electrons. The summed E-state index contributed by atoms with van der Waals surface area (Å²) in [6.45, 7) is 1.82. The number of carbonyl (C=O) groups excluding carboxylic acids is 2. The number of aromatic nitrogens is 1. The number of hydrogen-bond donors (Lipinski definition) is 2. The molecule has 2 N–H and O–H groups in total. The summed E-state index contributed by atoms with van der Waals surface area (Å²) in [5.41, 5.74) is 0.121. The number of benzene rings is 1. The van der Waals surface area contributed by atoms with E-state index in [-0.39, 0.29) is 11.5 Å². The van der Waals surface area contributed by atoms with Crippen LogP contribution in [0.15, 0.2) is 42.6 Å². The number of aryl methyl sites for hydroxylation is 1. The molecular formula is C15H12F3N3O2. The molecule has 0 saturated carbocycles. The Kier molecular flexibility index (Phi) is 4.63. The smallest absolute Gasteiger partial charge is 0.318 e. The van der Waals surface area contributed by atoms with Crippen LogP contribution in [-0.4, -0.2) is 16.8 Å². The van der Waals surface area contributed by atoms with Crippen molar-refractivity contribution in [3.63, 3.8) is 0 Å². The molecule has 23 heavy (non-hydrogen) atoms. The molecule has 2 aromatic rings. The third-order valence-corrected chi connectivity index (χ3v) is 2.83. The topological polar surface area (TPSA) is 71.1 Å².